The number of aromatic nitrogens is 5. The summed E-state index contributed by atoms with van der Waals surface area (Å²) >= 11 is 0. The number of hydrogen-bond acceptors (Lipinski definition) is 6. The number of benzene rings is 1. The van der Waals surface area contributed by atoms with Crippen molar-refractivity contribution in [1.29, 1.82) is 0 Å². The van der Waals surface area contributed by atoms with Crippen molar-refractivity contribution in [2.24, 2.45) is 12.5 Å². The first-order chi connectivity index (χ1) is 20.5. The van der Waals surface area contributed by atoms with Crippen LogP contribution in [0.15, 0.2) is 71.7 Å². The summed E-state index contributed by atoms with van der Waals surface area (Å²) in [6.45, 7) is 0.828. The van der Waals surface area contributed by atoms with Gasteiger partial charge in [0.1, 0.15) is 16.4 Å². The van der Waals surface area contributed by atoms with Crippen LogP contribution in [0.5, 0.6) is 0 Å². The molecule has 2 aliphatic carbocycles. The number of halogens is 3. The summed E-state index contributed by atoms with van der Waals surface area (Å²) in [5.41, 5.74) is 2.65. The maximum atomic E-state index is 14.4. The normalized spacial score (nSPS) is 20.2. The molecule has 1 aromatic carbocycles. The number of carbonyl (C=O) groups is 1. The lowest BCUT2D eigenvalue weighted by atomic mass is 9.60. The maximum Gasteiger partial charge on any atom is 0.252 e. The number of sulfonamides is 1. The van der Waals surface area contributed by atoms with Gasteiger partial charge in [0.05, 0.1) is 35.7 Å². The number of rotatable bonds is 8. The lowest BCUT2D eigenvalue weighted by molar-refractivity contribution is 0.0657. The molecule has 9 nitrogen and oxygen atoms in total. The van der Waals surface area contributed by atoms with Gasteiger partial charge in [0.25, 0.3) is 6.43 Å². The molecule has 2 atom stereocenters. The summed E-state index contributed by atoms with van der Waals surface area (Å²) in [4.78, 5) is 18.6. The Morgan fingerprint density at radius 1 is 1.16 bits per heavy atom. The van der Waals surface area contributed by atoms with Gasteiger partial charge in [0.2, 0.25) is 10.0 Å². The van der Waals surface area contributed by atoms with E-state index < -0.39 is 34.5 Å². The van der Waals surface area contributed by atoms with Gasteiger partial charge in [-0.15, -0.1) is 0 Å². The molecule has 0 aliphatic heterocycles. The van der Waals surface area contributed by atoms with E-state index in [1.165, 1.54) is 23.0 Å². The highest BCUT2D eigenvalue weighted by Gasteiger charge is 2.52. The Morgan fingerprint density at radius 3 is 2.60 bits per heavy atom. The lowest BCUT2D eigenvalue weighted by Gasteiger charge is -2.46. The van der Waals surface area contributed by atoms with Crippen molar-refractivity contribution in [3.63, 3.8) is 0 Å². The topological polar surface area (TPSA) is 103 Å². The van der Waals surface area contributed by atoms with Crippen LogP contribution >= 0.6 is 0 Å². The number of aryl methyl sites for hydroxylation is 2. The van der Waals surface area contributed by atoms with Gasteiger partial charge in [-0.3, -0.25) is 14.5 Å². The van der Waals surface area contributed by atoms with Gasteiger partial charge < -0.3 is 0 Å². The van der Waals surface area contributed by atoms with Crippen molar-refractivity contribution >= 4 is 21.9 Å². The molecular weight excluding hydrogens is 581 g/mol. The Labute approximate surface area is 246 Å². The third kappa shape index (κ3) is 5.20. The summed E-state index contributed by atoms with van der Waals surface area (Å²) in [7, 11) is -2.81. The van der Waals surface area contributed by atoms with Crippen molar-refractivity contribution in [1.82, 2.24) is 28.9 Å². The van der Waals surface area contributed by atoms with Gasteiger partial charge >= 0.3 is 0 Å². The van der Waals surface area contributed by atoms with Gasteiger partial charge in [-0.25, -0.2) is 26.3 Å². The summed E-state index contributed by atoms with van der Waals surface area (Å²) in [5.74, 6) is -0.686. The zero-order chi connectivity index (χ0) is 30.5. The van der Waals surface area contributed by atoms with Crippen LogP contribution in [0.2, 0.25) is 0 Å². The molecule has 1 fully saturated rings. The molecule has 3 heterocycles. The van der Waals surface area contributed by atoms with Gasteiger partial charge in [-0.1, -0.05) is 5.57 Å². The summed E-state index contributed by atoms with van der Waals surface area (Å²) in [6, 6.07) is 8.44. The van der Waals surface area contributed by atoms with E-state index in [-0.39, 0.29) is 41.5 Å². The number of hydrogen-bond donors (Lipinski definition) is 0. The van der Waals surface area contributed by atoms with Crippen molar-refractivity contribution < 1.29 is 26.4 Å². The molecule has 0 N–H and O–H groups in total. The second-order valence-electron chi connectivity index (χ2n) is 11.1. The zero-order valence-electron chi connectivity index (χ0n) is 23.5. The van der Waals surface area contributed by atoms with Crippen LogP contribution in [0.3, 0.4) is 0 Å². The van der Waals surface area contributed by atoms with Gasteiger partial charge in [-0.05, 0) is 86.2 Å². The van der Waals surface area contributed by atoms with Crippen LogP contribution in [0.25, 0.3) is 11.8 Å². The van der Waals surface area contributed by atoms with E-state index in [4.69, 9.17) is 0 Å². The van der Waals surface area contributed by atoms with Crippen molar-refractivity contribution in [3.8, 4) is 5.69 Å². The minimum absolute atomic E-state index is 0.0132. The van der Waals surface area contributed by atoms with Crippen molar-refractivity contribution in [3.05, 3.63) is 95.1 Å². The number of ketones is 1. The number of Topliss-reactive ketones (excluding diaryl/α,β-unsaturated/α-hetero) is 1. The average molecular weight is 611 g/mol. The van der Waals surface area contributed by atoms with Crippen LogP contribution in [0.1, 0.15) is 46.6 Å². The van der Waals surface area contributed by atoms with Gasteiger partial charge in [-0.2, -0.15) is 14.5 Å². The maximum absolute atomic E-state index is 14.4. The largest absolute Gasteiger partial charge is 0.291 e. The first kappa shape index (κ1) is 29.0. The van der Waals surface area contributed by atoms with Crippen LogP contribution < -0.4 is 0 Å². The van der Waals surface area contributed by atoms with E-state index in [2.05, 4.69) is 15.2 Å². The van der Waals surface area contributed by atoms with E-state index >= 15 is 0 Å². The molecule has 43 heavy (non-hydrogen) atoms. The molecule has 0 bridgehead atoms. The van der Waals surface area contributed by atoms with E-state index in [0.29, 0.717) is 12.1 Å². The molecule has 0 amide bonds. The molecule has 6 rings (SSSR count). The smallest absolute Gasteiger partial charge is 0.252 e. The molecule has 0 unspecified atom stereocenters. The number of alkyl halides is 2. The number of carbonyl (C=O) groups excluding carboxylic acids is 1. The Kier molecular flexibility index (Phi) is 7.33. The molecular formula is C30H29F3N6O3S. The van der Waals surface area contributed by atoms with Crippen molar-refractivity contribution in [2.45, 2.75) is 50.0 Å². The summed E-state index contributed by atoms with van der Waals surface area (Å²) in [5, 5.41) is 8.44. The second kappa shape index (κ2) is 10.9. The predicted octanol–water partition coefficient (Wildman–Crippen LogP) is 4.77. The SMILES string of the molecule is Cc1ccnc(C(=O)[C@]23Cc4cnn(-c5ccc(F)cc5)c4C=C2CC[C@H](N(CC(F)F)S(=O)(=O)c2cnn(C)c2)C3)c1. The minimum atomic E-state index is -4.36. The fraction of sp³-hybridized carbons (Fsp3) is 0.333. The Hall–Kier alpha value is -4.10. The number of fused-ring (bicyclic) bond motifs is 2. The Bertz CT molecular complexity index is 1830. The number of pyridine rings is 1. The summed E-state index contributed by atoms with van der Waals surface area (Å²) < 4.78 is 72.7. The summed E-state index contributed by atoms with van der Waals surface area (Å²) in [6.07, 6.45) is 5.22. The Morgan fingerprint density at radius 2 is 1.93 bits per heavy atom. The second-order valence-corrected chi connectivity index (χ2v) is 13.0. The molecule has 1 saturated carbocycles. The number of allylic oxidation sites excluding steroid dienone is 1. The van der Waals surface area contributed by atoms with Gasteiger partial charge in [0, 0.05) is 25.5 Å². The minimum Gasteiger partial charge on any atom is -0.291 e. The molecule has 0 spiro atoms. The van der Waals surface area contributed by atoms with E-state index in [1.807, 2.05) is 13.0 Å². The quantitative estimate of drug-likeness (QED) is 0.267. The van der Waals surface area contributed by atoms with Crippen LogP contribution in [0, 0.1) is 18.2 Å². The van der Waals surface area contributed by atoms with Crippen LogP contribution in [-0.4, -0.2) is 62.1 Å². The Balaban J connectivity index is 1.45. The standard InChI is InChI=1S/C30H29F3N6O3S/c1-19-9-10-34-26(11-19)29(40)30-13-20-15-36-39(23-7-4-22(31)5-8-23)27(20)12-21(30)3-6-24(14-30)38(18-28(32)33)43(41,42)25-16-35-37(2)17-25/h4-5,7-12,15-17,24,28H,3,6,13-14,18H2,1-2H3/t24-,30-/m0/s1. The fourth-order valence-electron chi connectivity index (χ4n) is 6.27. The third-order valence-electron chi connectivity index (χ3n) is 8.30. The third-order valence-corrected chi connectivity index (χ3v) is 10.2. The zero-order valence-corrected chi connectivity index (χ0v) is 24.3. The van der Waals surface area contributed by atoms with E-state index in [9.17, 15) is 26.4 Å². The molecule has 224 valence electrons. The highest BCUT2D eigenvalue weighted by atomic mass is 32.2. The highest BCUT2D eigenvalue weighted by Crippen LogP contribution is 2.51. The first-order valence-corrected chi connectivity index (χ1v) is 15.2. The molecule has 0 saturated heterocycles. The number of nitrogens with zero attached hydrogens (tertiary/aromatic N) is 6. The molecule has 13 heteroatoms. The van der Waals surface area contributed by atoms with Gasteiger partial charge in [0.15, 0.2) is 5.78 Å². The monoisotopic (exact) mass is 610 g/mol. The predicted molar refractivity (Wildman–Crippen MR) is 152 cm³/mol. The van der Waals surface area contributed by atoms with E-state index in [0.717, 1.165) is 32.9 Å². The first-order valence-electron chi connectivity index (χ1n) is 13.8. The molecule has 3 aromatic heterocycles. The van der Waals surface area contributed by atoms with Crippen LogP contribution in [-0.2, 0) is 23.5 Å². The molecule has 0 radical (unpaired) electrons. The molecule has 4 aromatic rings. The lowest BCUT2D eigenvalue weighted by Crippen LogP contribution is -2.51. The van der Waals surface area contributed by atoms with Crippen molar-refractivity contribution in [2.75, 3.05) is 6.54 Å². The highest BCUT2D eigenvalue weighted by molar-refractivity contribution is 7.89. The van der Waals surface area contributed by atoms with E-state index in [1.54, 1.807) is 48.4 Å². The average Bonchev–Trinajstić information content (AvgIpc) is 3.60. The fourth-order valence-corrected chi connectivity index (χ4v) is 7.89. The molecule has 2 aliphatic rings. The van der Waals surface area contributed by atoms with Crippen LogP contribution in [0.4, 0.5) is 13.2 Å².